The zero-order chi connectivity index (χ0) is 18.6. The molecule has 1 aliphatic carbocycles. The first-order valence-corrected chi connectivity index (χ1v) is 9.64. The largest absolute Gasteiger partial charge is 0.332 e. The van der Waals surface area contributed by atoms with E-state index >= 15 is 0 Å². The Balaban J connectivity index is 1.50. The van der Waals surface area contributed by atoms with E-state index in [0.717, 1.165) is 30.6 Å². The number of aryl methyl sites for hydroxylation is 1. The molecule has 1 saturated carbocycles. The Morgan fingerprint density at radius 2 is 1.67 bits per heavy atom. The highest BCUT2D eigenvalue weighted by atomic mass is 16.2. The van der Waals surface area contributed by atoms with Crippen LogP contribution in [-0.2, 0) is 4.79 Å². The van der Waals surface area contributed by atoms with Gasteiger partial charge in [0.25, 0.3) is 0 Å². The summed E-state index contributed by atoms with van der Waals surface area (Å²) in [4.78, 5) is 19.4. The standard InChI is InChI=1S/C23H25N3O/c1-18-16-24-17-25(18)22-13-12-19(14-22)15-23(27)26(20-8-4-2-5-9-20)21-10-6-3-7-11-21/h2-11,16-17,19,22H,12-15H2,1H3/t19-,22+/m1/s1. The topological polar surface area (TPSA) is 38.1 Å². The Hall–Kier alpha value is -2.88. The van der Waals surface area contributed by atoms with Crippen molar-refractivity contribution in [2.45, 2.75) is 38.6 Å². The predicted molar refractivity (Wildman–Crippen MR) is 108 cm³/mol. The zero-order valence-electron chi connectivity index (χ0n) is 15.7. The van der Waals surface area contributed by atoms with Gasteiger partial charge in [-0.25, -0.2) is 4.98 Å². The molecular formula is C23H25N3O. The first-order valence-electron chi connectivity index (χ1n) is 9.64. The van der Waals surface area contributed by atoms with Gasteiger partial charge in [0.2, 0.25) is 5.91 Å². The van der Waals surface area contributed by atoms with Gasteiger partial charge in [0.1, 0.15) is 0 Å². The van der Waals surface area contributed by atoms with Gasteiger partial charge >= 0.3 is 0 Å². The molecule has 0 saturated heterocycles. The van der Waals surface area contributed by atoms with Crippen LogP contribution in [0.15, 0.2) is 73.2 Å². The van der Waals surface area contributed by atoms with Crippen LogP contribution in [0.5, 0.6) is 0 Å². The van der Waals surface area contributed by atoms with Gasteiger partial charge in [-0.15, -0.1) is 0 Å². The van der Waals surface area contributed by atoms with E-state index in [1.165, 1.54) is 5.69 Å². The molecule has 0 spiro atoms. The average Bonchev–Trinajstić information content (AvgIpc) is 3.32. The highest BCUT2D eigenvalue weighted by Gasteiger charge is 2.30. The van der Waals surface area contributed by atoms with Crippen molar-refractivity contribution in [3.8, 4) is 0 Å². The number of amides is 1. The molecule has 4 heteroatoms. The van der Waals surface area contributed by atoms with Crippen LogP contribution in [0.3, 0.4) is 0 Å². The fourth-order valence-corrected chi connectivity index (χ4v) is 4.17. The first kappa shape index (κ1) is 17.5. The Bertz CT molecular complexity index is 849. The minimum Gasteiger partial charge on any atom is -0.332 e. The fraction of sp³-hybridized carbons (Fsp3) is 0.304. The maximum atomic E-state index is 13.3. The number of imidazole rings is 1. The van der Waals surface area contributed by atoms with Gasteiger partial charge in [0.05, 0.1) is 6.33 Å². The van der Waals surface area contributed by atoms with Crippen molar-refractivity contribution >= 4 is 17.3 Å². The highest BCUT2D eigenvalue weighted by Crippen LogP contribution is 2.38. The van der Waals surface area contributed by atoms with Crippen LogP contribution in [0.2, 0.25) is 0 Å². The van der Waals surface area contributed by atoms with E-state index in [2.05, 4.69) is 16.5 Å². The number of carbonyl (C=O) groups is 1. The monoisotopic (exact) mass is 359 g/mol. The molecule has 0 bridgehead atoms. The van der Waals surface area contributed by atoms with Crippen molar-refractivity contribution in [3.05, 3.63) is 78.9 Å². The lowest BCUT2D eigenvalue weighted by molar-refractivity contribution is -0.118. The molecule has 0 unspecified atom stereocenters. The lowest BCUT2D eigenvalue weighted by Gasteiger charge is -2.24. The van der Waals surface area contributed by atoms with Gasteiger partial charge in [-0.3, -0.25) is 9.69 Å². The maximum Gasteiger partial charge on any atom is 0.231 e. The summed E-state index contributed by atoms with van der Waals surface area (Å²) in [5.41, 5.74) is 3.05. The molecule has 1 fully saturated rings. The summed E-state index contributed by atoms with van der Waals surface area (Å²) in [6.45, 7) is 2.10. The van der Waals surface area contributed by atoms with Gasteiger partial charge in [-0.05, 0) is 56.4 Å². The van der Waals surface area contributed by atoms with Gasteiger partial charge in [-0.2, -0.15) is 0 Å². The summed E-state index contributed by atoms with van der Waals surface area (Å²) in [5, 5.41) is 0. The van der Waals surface area contributed by atoms with E-state index in [1.54, 1.807) is 0 Å². The quantitative estimate of drug-likeness (QED) is 0.621. The molecule has 3 aromatic rings. The molecule has 4 rings (SSSR count). The van der Waals surface area contributed by atoms with Gasteiger partial charge in [-0.1, -0.05) is 36.4 Å². The zero-order valence-corrected chi connectivity index (χ0v) is 15.7. The third kappa shape index (κ3) is 3.80. The first-order chi connectivity index (χ1) is 13.2. The molecule has 4 nitrogen and oxygen atoms in total. The molecule has 1 aliphatic rings. The maximum absolute atomic E-state index is 13.3. The smallest absolute Gasteiger partial charge is 0.231 e. The normalized spacial score (nSPS) is 19.1. The fourth-order valence-electron chi connectivity index (χ4n) is 4.17. The van der Waals surface area contributed by atoms with Crippen molar-refractivity contribution in [1.82, 2.24) is 9.55 Å². The summed E-state index contributed by atoms with van der Waals surface area (Å²) < 4.78 is 2.26. The molecule has 1 amide bonds. The third-order valence-electron chi connectivity index (χ3n) is 5.51. The Labute approximate surface area is 160 Å². The van der Waals surface area contributed by atoms with E-state index < -0.39 is 0 Å². The lowest BCUT2D eigenvalue weighted by Crippen LogP contribution is -2.27. The van der Waals surface area contributed by atoms with Crippen molar-refractivity contribution in [2.75, 3.05) is 4.90 Å². The van der Waals surface area contributed by atoms with Crippen molar-refractivity contribution in [1.29, 1.82) is 0 Å². The molecule has 2 atom stereocenters. The third-order valence-corrected chi connectivity index (χ3v) is 5.51. The SMILES string of the molecule is Cc1cncn1[C@H]1CC[C@@H](CC(=O)N(c2ccccc2)c2ccccc2)C1. The number of para-hydroxylation sites is 2. The molecule has 1 heterocycles. The van der Waals surface area contributed by atoms with E-state index in [9.17, 15) is 4.79 Å². The minimum absolute atomic E-state index is 0.167. The number of rotatable bonds is 5. The van der Waals surface area contributed by atoms with Crippen LogP contribution in [0.1, 0.15) is 37.4 Å². The number of hydrogen-bond donors (Lipinski definition) is 0. The number of anilines is 2. The second kappa shape index (κ2) is 7.78. The Kier molecular flexibility index (Phi) is 5.05. The molecule has 138 valence electrons. The second-order valence-electron chi connectivity index (χ2n) is 7.38. The average molecular weight is 359 g/mol. The van der Waals surface area contributed by atoms with Crippen LogP contribution >= 0.6 is 0 Å². The summed E-state index contributed by atoms with van der Waals surface area (Å²) >= 11 is 0. The van der Waals surface area contributed by atoms with Gasteiger partial charge in [0, 0.05) is 35.7 Å². The van der Waals surface area contributed by atoms with E-state index in [4.69, 9.17) is 0 Å². The summed E-state index contributed by atoms with van der Waals surface area (Å²) in [6.07, 6.45) is 7.65. The van der Waals surface area contributed by atoms with Crippen LogP contribution in [0, 0.1) is 12.8 Å². The Morgan fingerprint density at radius 3 is 2.22 bits per heavy atom. The predicted octanol–water partition coefficient (Wildman–Crippen LogP) is 5.29. The minimum atomic E-state index is 0.167. The molecule has 0 aliphatic heterocycles. The molecule has 0 N–H and O–H groups in total. The number of benzene rings is 2. The van der Waals surface area contributed by atoms with Crippen molar-refractivity contribution < 1.29 is 4.79 Å². The highest BCUT2D eigenvalue weighted by molar-refractivity contribution is 6.00. The van der Waals surface area contributed by atoms with Crippen LogP contribution < -0.4 is 4.90 Å². The molecule has 1 aromatic heterocycles. The second-order valence-corrected chi connectivity index (χ2v) is 7.38. The Morgan fingerprint density at radius 1 is 1.04 bits per heavy atom. The summed E-state index contributed by atoms with van der Waals surface area (Å²) in [5.74, 6) is 0.583. The summed E-state index contributed by atoms with van der Waals surface area (Å²) in [6, 6.07) is 20.3. The molecular weight excluding hydrogens is 334 g/mol. The van der Waals surface area contributed by atoms with Crippen molar-refractivity contribution in [3.63, 3.8) is 0 Å². The van der Waals surface area contributed by atoms with E-state index in [1.807, 2.05) is 78.1 Å². The number of aromatic nitrogens is 2. The van der Waals surface area contributed by atoms with E-state index in [0.29, 0.717) is 18.4 Å². The summed E-state index contributed by atoms with van der Waals surface area (Å²) in [7, 11) is 0. The van der Waals surface area contributed by atoms with Crippen LogP contribution in [-0.4, -0.2) is 15.5 Å². The van der Waals surface area contributed by atoms with Crippen LogP contribution in [0.25, 0.3) is 0 Å². The van der Waals surface area contributed by atoms with Crippen LogP contribution in [0.4, 0.5) is 11.4 Å². The molecule has 0 radical (unpaired) electrons. The number of carbonyl (C=O) groups excluding carboxylic acids is 1. The van der Waals surface area contributed by atoms with Crippen molar-refractivity contribution in [2.24, 2.45) is 5.92 Å². The molecule has 27 heavy (non-hydrogen) atoms. The lowest BCUT2D eigenvalue weighted by atomic mass is 10.0. The molecule has 2 aromatic carbocycles. The number of hydrogen-bond acceptors (Lipinski definition) is 2. The van der Waals surface area contributed by atoms with Gasteiger partial charge < -0.3 is 4.57 Å². The van der Waals surface area contributed by atoms with Gasteiger partial charge in [0.15, 0.2) is 0 Å². The number of nitrogens with zero attached hydrogens (tertiary/aromatic N) is 3. The van der Waals surface area contributed by atoms with E-state index in [-0.39, 0.29) is 5.91 Å².